The number of ether oxygens (including phenoxy) is 1. The Bertz CT molecular complexity index is 551. The number of halogens is 1. The van der Waals surface area contributed by atoms with E-state index in [-0.39, 0.29) is 5.97 Å². The van der Waals surface area contributed by atoms with E-state index in [1.807, 2.05) is 25.1 Å². The third-order valence-electron chi connectivity index (χ3n) is 2.36. The van der Waals surface area contributed by atoms with E-state index in [0.717, 1.165) is 21.0 Å². The molecule has 18 heavy (non-hydrogen) atoms. The minimum absolute atomic E-state index is 0.167. The van der Waals surface area contributed by atoms with E-state index in [2.05, 4.69) is 6.07 Å². The van der Waals surface area contributed by atoms with E-state index in [0.29, 0.717) is 12.4 Å². The van der Waals surface area contributed by atoms with E-state index in [1.165, 1.54) is 16.5 Å². The van der Waals surface area contributed by atoms with Gasteiger partial charge in [-0.1, -0.05) is 29.8 Å². The topological polar surface area (TPSA) is 26.3 Å². The van der Waals surface area contributed by atoms with Gasteiger partial charge in [-0.3, -0.25) is 4.79 Å². The van der Waals surface area contributed by atoms with Gasteiger partial charge in [-0.2, -0.15) is 0 Å². The molecule has 0 saturated carbocycles. The summed E-state index contributed by atoms with van der Waals surface area (Å²) in [6.07, 6.45) is 0. The standard InChI is InChI=1S/C13H13ClO2S2/c1-2-16-12(15)8-17-7-11-13(14)9-5-3-4-6-10(9)18-11/h3-6H,2,7-8H2,1H3. The first kappa shape index (κ1) is 13.7. The van der Waals surface area contributed by atoms with Crippen LogP contribution in [-0.4, -0.2) is 18.3 Å². The molecular weight excluding hydrogens is 288 g/mol. The van der Waals surface area contributed by atoms with Crippen LogP contribution in [0.1, 0.15) is 11.8 Å². The van der Waals surface area contributed by atoms with Gasteiger partial charge in [0.2, 0.25) is 0 Å². The van der Waals surface area contributed by atoms with Gasteiger partial charge in [0.1, 0.15) is 0 Å². The Balaban J connectivity index is 1.99. The summed E-state index contributed by atoms with van der Waals surface area (Å²) in [6.45, 7) is 2.24. The first-order valence-corrected chi connectivity index (χ1v) is 7.96. The zero-order valence-corrected chi connectivity index (χ0v) is 12.3. The third kappa shape index (κ3) is 3.19. The summed E-state index contributed by atoms with van der Waals surface area (Å²) >= 11 is 9.53. The fraction of sp³-hybridized carbons (Fsp3) is 0.308. The van der Waals surface area contributed by atoms with Crippen LogP contribution in [0.4, 0.5) is 0 Å². The monoisotopic (exact) mass is 300 g/mol. The van der Waals surface area contributed by atoms with Crippen LogP contribution in [0, 0.1) is 0 Å². The average molecular weight is 301 g/mol. The summed E-state index contributed by atoms with van der Waals surface area (Å²) in [6, 6.07) is 8.07. The number of thioether (sulfide) groups is 1. The van der Waals surface area contributed by atoms with Gasteiger partial charge in [0, 0.05) is 20.7 Å². The minimum Gasteiger partial charge on any atom is -0.465 e. The summed E-state index contributed by atoms with van der Waals surface area (Å²) in [5.41, 5.74) is 0. The SMILES string of the molecule is CCOC(=O)CSCc1sc2ccccc2c1Cl. The highest BCUT2D eigenvalue weighted by Crippen LogP contribution is 2.37. The second kappa shape index (κ2) is 6.45. The van der Waals surface area contributed by atoms with Crippen LogP contribution in [0.5, 0.6) is 0 Å². The molecule has 0 N–H and O–H groups in total. The highest BCUT2D eigenvalue weighted by atomic mass is 35.5. The summed E-state index contributed by atoms with van der Waals surface area (Å²) in [5, 5.41) is 1.91. The van der Waals surface area contributed by atoms with Crippen LogP contribution < -0.4 is 0 Å². The van der Waals surface area contributed by atoms with Crippen molar-refractivity contribution in [2.24, 2.45) is 0 Å². The molecule has 0 fully saturated rings. The Morgan fingerprint density at radius 2 is 2.22 bits per heavy atom. The van der Waals surface area contributed by atoms with Crippen molar-refractivity contribution in [1.82, 2.24) is 0 Å². The van der Waals surface area contributed by atoms with Crippen LogP contribution in [-0.2, 0) is 15.3 Å². The molecule has 2 nitrogen and oxygen atoms in total. The lowest BCUT2D eigenvalue weighted by molar-refractivity contribution is -0.139. The fourth-order valence-corrected chi connectivity index (χ4v) is 4.13. The molecule has 5 heteroatoms. The van der Waals surface area contributed by atoms with Crippen molar-refractivity contribution in [3.05, 3.63) is 34.2 Å². The van der Waals surface area contributed by atoms with Gasteiger partial charge in [-0.05, 0) is 13.0 Å². The quantitative estimate of drug-likeness (QED) is 0.768. The smallest absolute Gasteiger partial charge is 0.315 e. The molecule has 0 saturated heterocycles. The second-order valence-corrected chi connectivity index (χ2v) is 6.13. The van der Waals surface area contributed by atoms with Crippen molar-refractivity contribution in [2.75, 3.05) is 12.4 Å². The first-order valence-electron chi connectivity index (χ1n) is 5.61. The first-order chi connectivity index (χ1) is 8.72. The van der Waals surface area contributed by atoms with E-state index >= 15 is 0 Å². The number of fused-ring (bicyclic) bond motifs is 1. The molecule has 0 bridgehead atoms. The van der Waals surface area contributed by atoms with Gasteiger partial charge in [-0.25, -0.2) is 0 Å². The van der Waals surface area contributed by atoms with Gasteiger partial charge in [0.25, 0.3) is 0 Å². The van der Waals surface area contributed by atoms with Gasteiger partial charge < -0.3 is 4.74 Å². The number of thiophene rings is 1. The molecule has 2 rings (SSSR count). The van der Waals surface area contributed by atoms with Crippen molar-refractivity contribution in [3.8, 4) is 0 Å². The zero-order chi connectivity index (χ0) is 13.0. The number of benzene rings is 1. The summed E-state index contributed by atoms with van der Waals surface area (Å²) < 4.78 is 6.07. The van der Waals surface area contributed by atoms with Crippen molar-refractivity contribution in [3.63, 3.8) is 0 Å². The van der Waals surface area contributed by atoms with Crippen LogP contribution in [0.3, 0.4) is 0 Å². The summed E-state index contributed by atoms with van der Waals surface area (Å²) in [7, 11) is 0. The molecule has 0 aliphatic rings. The number of carbonyl (C=O) groups is 1. The number of carbonyl (C=O) groups excluding carboxylic acids is 1. The third-order valence-corrected chi connectivity index (χ3v) is 5.19. The maximum Gasteiger partial charge on any atom is 0.315 e. The Morgan fingerprint density at radius 1 is 1.44 bits per heavy atom. The predicted octanol–water partition coefficient (Wildman–Crippen LogP) is 4.35. The molecule has 1 heterocycles. The predicted molar refractivity (Wildman–Crippen MR) is 79.6 cm³/mol. The molecule has 0 atom stereocenters. The van der Waals surface area contributed by atoms with Crippen LogP contribution in [0.15, 0.2) is 24.3 Å². The highest BCUT2D eigenvalue weighted by molar-refractivity contribution is 7.99. The van der Waals surface area contributed by atoms with Crippen LogP contribution >= 0.6 is 34.7 Å². The lowest BCUT2D eigenvalue weighted by Crippen LogP contribution is -2.06. The average Bonchev–Trinajstić information content (AvgIpc) is 2.68. The van der Waals surface area contributed by atoms with E-state index in [9.17, 15) is 4.79 Å². The highest BCUT2D eigenvalue weighted by Gasteiger charge is 2.10. The van der Waals surface area contributed by atoms with E-state index in [4.69, 9.17) is 16.3 Å². The summed E-state index contributed by atoms with van der Waals surface area (Å²) in [5.74, 6) is 0.954. The van der Waals surface area contributed by atoms with Crippen LogP contribution in [0.25, 0.3) is 10.1 Å². The van der Waals surface area contributed by atoms with Crippen molar-refractivity contribution in [1.29, 1.82) is 0 Å². The Hall–Kier alpha value is -0.710. The lowest BCUT2D eigenvalue weighted by Gasteiger charge is -2.01. The zero-order valence-electron chi connectivity index (χ0n) is 9.94. The molecule has 0 unspecified atom stereocenters. The second-order valence-electron chi connectivity index (χ2n) is 3.63. The molecule has 0 aliphatic heterocycles. The number of hydrogen-bond acceptors (Lipinski definition) is 4. The molecule has 96 valence electrons. The molecule has 0 amide bonds. The number of hydrogen-bond donors (Lipinski definition) is 0. The van der Waals surface area contributed by atoms with Gasteiger partial charge in [0.15, 0.2) is 0 Å². The summed E-state index contributed by atoms with van der Waals surface area (Å²) in [4.78, 5) is 12.3. The number of esters is 1. The fourth-order valence-electron chi connectivity index (χ4n) is 1.59. The molecule has 0 radical (unpaired) electrons. The Morgan fingerprint density at radius 3 is 2.94 bits per heavy atom. The minimum atomic E-state index is -0.167. The Labute approximate surface area is 119 Å². The maximum atomic E-state index is 11.2. The lowest BCUT2D eigenvalue weighted by atomic mass is 10.2. The maximum absolute atomic E-state index is 11.2. The van der Waals surface area contributed by atoms with Crippen molar-refractivity contribution in [2.45, 2.75) is 12.7 Å². The normalized spacial score (nSPS) is 10.8. The van der Waals surface area contributed by atoms with Gasteiger partial charge >= 0.3 is 5.97 Å². The van der Waals surface area contributed by atoms with E-state index < -0.39 is 0 Å². The van der Waals surface area contributed by atoms with Gasteiger partial charge in [0.05, 0.1) is 17.4 Å². The molecule has 1 aromatic heterocycles. The number of rotatable bonds is 5. The Kier molecular flexibility index (Phi) is 4.92. The largest absolute Gasteiger partial charge is 0.465 e. The molecule has 0 spiro atoms. The van der Waals surface area contributed by atoms with Crippen molar-refractivity contribution < 1.29 is 9.53 Å². The molecule has 1 aromatic carbocycles. The molecule has 0 aliphatic carbocycles. The molecular formula is C13H13ClO2S2. The molecule has 2 aromatic rings. The van der Waals surface area contributed by atoms with Crippen molar-refractivity contribution >= 4 is 50.8 Å². The van der Waals surface area contributed by atoms with E-state index in [1.54, 1.807) is 11.3 Å². The van der Waals surface area contributed by atoms with Gasteiger partial charge in [-0.15, -0.1) is 23.1 Å². The van der Waals surface area contributed by atoms with Crippen LogP contribution in [0.2, 0.25) is 5.02 Å².